The lowest BCUT2D eigenvalue weighted by atomic mass is 10.1. The van der Waals surface area contributed by atoms with Crippen molar-refractivity contribution in [2.24, 2.45) is 5.92 Å². The third kappa shape index (κ3) is 3.86. The number of halogens is 1. The quantitative estimate of drug-likeness (QED) is 0.876. The molecule has 0 spiro atoms. The van der Waals surface area contributed by atoms with Crippen LogP contribution in [-0.2, 0) is 9.59 Å². The van der Waals surface area contributed by atoms with Crippen LogP contribution >= 0.6 is 0 Å². The van der Waals surface area contributed by atoms with E-state index < -0.39 is 5.92 Å². The molecule has 0 radical (unpaired) electrons. The van der Waals surface area contributed by atoms with Gasteiger partial charge in [0.05, 0.1) is 25.8 Å². The highest BCUT2D eigenvalue weighted by molar-refractivity contribution is 6.04. The molecule has 0 saturated carbocycles. The molecule has 2 aromatic carbocycles. The van der Waals surface area contributed by atoms with Gasteiger partial charge in [-0.2, -0.15) is 0 Å². The zero-order valence-electron chi connectivity index (χ0n) is 15.4. The summed E-state index contributed by atoms with van der Waals surface area (Å²) in [5, 5.41) is 2.80. The van der Waals surface area contributed by atoms with E-state index in [1.807, 2.05) is 0 Å². The number of rotatable bonds is 5. The number of hydrogen-bond acceptors (Lipinski definition) is 4. The van der Waals surface area contributed by atoms with Crippen LogP contribution in [0, 0.1) is 18.7 Å². The summed E-state index contributed by atoms with van der Waals surface area (Å²) in [5.41, 5.74) is 1.46. The summed E-state index contributed by atoms with van der Waals surface area (Å²) in [5.74, 6) is -0.343. The van der Waals surface area contributed by atoms with Crippen LogP contribution in [-0.4, -0.2) is 32.6 Å². The number of hydrogen-bond donors (Lipinski definition) is 1. The number of nitrogens with one attached hydrogen (secondary N) is 1. The number of amides is 2. The van der Waals surface area contributed by atoms with E-state index in [4.69, 9.17) is 9.47 Å². The first-order chi connectivity index (χ1) is 12.9. The van der Waals surface area contributed by atoms with E-state index in [0.717, 1.165) is 0 Å². The Hall–Kier alpha value is -3.09. The van der Waals surface area contributed by atoms with Gasteiger partial charge in [0.15, 0.2) is 0 Å². The Morgan fingerprint density at radius 1 is 1.19 bits per heavy atom. The van der Waals surface area contributed by atoms with Crippen molar-refractivity contribution in [3.05, 3.63) is 47.8 Å². The molecular weight excluding hydrogens is 351 g/mol. The molecular formula is C20H21FN2O4. The zero-order valence-corrected chi connectivity index (χ0v) is 15.4. The van der Waals surface area contributed by atoms with Gasteiger partial charge in [0, 0.05) is 24.7 Å². The van der Waals surface area contributed by atoms with Crippen LogP contribution in [0.25, 0.3) is 0 Å². The Balaban J connectivity index is 1.73. The van der Waals surface area contributed by atoms with Gasteiger partial charge in [-0.15, -0.1) is 0 Å². The van der Waals surface area contributed by atoms with Gasteiger partial charge in [0.25, 0.3) is 0 Å². The van der Waals surface area contributed by atoms with Crippen molar-refractivity contribution >= 4 is 23.2 Å². The average Bonchev–Trinajstić information content (AvgIpc) is 3.06. The molecule has 0 bridgehead atoms. The predicted molar refractivity (Wildman–Crippen MR) is 99.8 cm³/mol. The smallest absolute Gasteiger partial charge is 0.229 e. The zero-order chi connectivity index (χ0) is 19.6. The monoisotopic (exact) mass is 372 g/mol. The molecule has 2 amide bonds. The highest BCUT2D eigenvalue weighted by atomic mass is 19.1. The van der Waals surface area contributed by atoms with Crippen molar-refractivity contribution < 1.29 is 23.5 Å². The summed E-state index contributed by atoms with van der Waals surface area (Å²) in [6.07, 6.45) is 0.0692. The highest BCUT2D eigenvalue weighted by Crippen LogP contribution is 2.31. The third-order valence-corrected chi connectivity index (χ3v) is 4.63. The Morgan fingerprint density at radius 3 is 2.63 bits per heavy atom. The van der Waals surface area contributed by atoms with Gasteiger partial charge in [-0.25, -0.2) is 4.39 Å². The van der Waals surface area contributed by atoms with Crippen LogP contribution in [0.5, 0.6) is 11.5 Å². The summed E-state index contributed by atoms with van der Waals surface area (Å²) in [6, 6.07) is 9.67. The van der Waals surface area contributed by atoms with E-state index in [2.05, 4.69) is 5.32 Å². The maximum absolute atomic E-state index is 13.8. The van der Waals surface area contributed by atoms with Crippen molar-refractivity contribution in [2.75, 3.05) is 31.0 Å². The molecule has 1 heterocycles. The summed E-state index contributed by atoms with van der Waals surface area (Å²) in [4.78, 5) is 26.4. The predicted octanol–water partition coefficient (Wildman–Crippen LogP) is 3.14. The van der Waals surface area contributed by atoms with Gasteiger partial charge in [0.2, 0.25) is 11.8 Å². The van der Waals surface area contributed by atoms with Crippen LogP contribution < -0.4 is 19.7 Å². The lowest BCUT2D eigenvalue weighted by Gasteiger charge is -2.18. The standard InChI is InChI=1S/C20H21FN2O4/c1-12-4-5-14(9-16(12)21)23-11-13(8-19(23)24)20(25)22-17-7-6-15(26-2)10-18(17)27-3/h4-7,9-10,13H,8,11H2,1-3H3,(H,22,25)/t13-/m0/s1. The SMILES string of the molecule is COc1ccc(NC(=O)[C@H]2CC(=O)N(c3ccc(C)c(F)c3)C2)c(OC)c1. The highest BCUT2D eigenvalue weighted by Gasteiger charge is 2.35. The van der Waals surface area contributed by atoms with Crippen LogP contribution in [0.1, 0.15) is 12.0 Å². The molecule has 1 aliphatic rings. The first-order valence-electron chi connectivity index (χ1n) is 8.52. The van der Waals surface area contributed by atoms with Gasteiger partial charge >= 0.3 is 0 Å². The van der Waals surface area contributed by atoms with Gasteiger partial charge in [-0.1, -0.05) is 6.07 Å². The molecule has 1 atom stereocenters. The number of ether oxygens (including phenoxy) is 2. The largest absolute Gasteiger partial charge is 0.497 e. The molecule has 6 nitrogen and oxygen atoms in total. The van der Waals surface area contributed by atoms with Crippen LogP contribution in [0.2, 0.25) is 0 Å². The maximum Gasteiger partial charge on any atom is 0.229 e. The number of carbonyl (C=O) groups excluding carboxylic acids is 2. The second-order valence-corrected chi connectivity index (χ2v) is 6.39. The molecule has 3 rings (SSSR count). The molecule has 142 valence electrons. The molecule has 1 N–H and O–H groups in total. The van der Waals surface area contributed by atoms with Crippen molar-refractivity contribution in [1.82, 2.24) is 0 Å². The van der Waals surface area contributed by atoms with E-state index in [0.29, 0.717) is 28.4 Å². The molecule has 1 aliphatic heterocycles. The summed E-state index contributed by atoms with van der Waals surface area (Å²) >= 11 is 0. The Bertz CT molecular complexity index is 884. The molecule has 27 heavy (non-hydrogen) atoms. The minimum Gasteiger partial charge on any atom is -0.497 e. The minimum atomic E-state index is -0.534. The average molecular weight is 372 g/mol. The fourth-order valence-corrected chi connectivity index (χ4v) is 3.02. The van der Waals surface area contributed by atoms with Crippen molar-refractivity contribution in [2.45, 2.75) is 13.3 Å². The fourth-order valence-electron chi connectivity index (χ4n) is 3.02. The lowest BCUT2D eigenvalue weighted by Crippen LogP contribution is -2.28. The fraction of sp³-hybridized carbons (Fsp3) is 0.300. The van der Waals surface area contributed by atoms with Crippen LogP contribution in [0.4, 0.5) is 15.8 Å². The van der Waals surface area contributed by atoms with E-state index in [9.17, 15) is 14.0 Å². The summed E-state index contributed by atoms with van der Waals surface area (Å²) < 4.78 is 24.2. The van der Waals surface area contributed by atoms with Gasteiger partial charge in [0.1, 0.15) is 17.3 Å². The van der Waals surface area contributed by atoms with Crippen LogP contribution in [0.15, 0.2) is 36.4 Å². The first kappa shape index (κ1) is 18.7. The number of methoxy groups -OCH3 is 2. The number of aryl methyl sites for hydroxylation is 1. The second-order valence-electron chi connectivity index (χ2n) is 6.39. The first-order valence-corrected chi connectivity index (χ1v) is 8.52. The maximum atomic E-state index is 13.8. The van der Waals surface area contributed by atoms with E-state index in [-0.39, 0.29) is 30.6 Å². The normalized spacial score (nSPS) is 16.4. The molecule has 0 aliphatic carbocycles. The van der Waals surface area contributed by atoms with Gasteiger partial charge in [-0.3, -0.25) is 9.59 Å². The van der Waals surface area contributed by atoms with Crippen molar-refractivity contribution in [3.8, 4) is 11.5 Å². The number of benzene rings is 2. The Kier molecular flexibility index (Phi) is 5.30. The molecule has 0 unspecified atom stereocenters. The van der Waals surface area contributed by atoms with E-state index >= 15 is 0 Å². The van der Waals surface area contributed by atoms with Gasteiger partial charge in [-0.05, 0) is 36.8 Å². The molecule has 7 heteroatoms. The minimum absolute atomic E-state index is 0.0692. The van der Waals surface area contributed by atoms with E-state index in [1.54, 1.807) is 44.4 Å². The second kappa shape index (κ2) is 7.65. The van der Waals surface area contributed by atoms with Crippen LogP contribution in [0.3, 0.4) is 0 Å². The summed E-state index contributed by atoms with van der Waals surface area (Å²) in [7, 11) is 3.04. The molecule has 2 aromatic rings. The number of nitrogens with zero attached hydrogens (tertiary/aromatic N) is 1. The Labute approximate surface area is 156 Å². The molecule has 1 saturated heterocycles. The lowest BCUT2D eigenvalue weighted by molar-refractivity contribution is -0.122. The molecule has 0 aromatic heterocycles. The molecule has 1 fully saturated rings. The topological polar surface area (TPSA) is 67.9 Å². The number of carbonyl (C=O) groups is 2. The van der Waals surface area contributed by atoms with Gasteiger partial charge < -0.3 is 19.7 Å². The van der Waals surface area contributed by atoms with E-state index in [1.165, 1.54) is 18.1 Å². The third-order valence-electron chi connectivity index (χ3n) is 4.63. The Morgan fingerprint density at radius 2 is 1.96 bits per heavy atom. The number of anilines is 2. The van der Waals surface area contributed by atoms with Crippen molar-refractivity contribution in [1.29, 1.82) is 0 Å². The summed E-state index contributed by atoms with van der Waals surface area (Å²) in [6.45, 7) is 1.86. The van der Waals surface area contributed by atoms with Crippen molar-refractivity contribution in [3.63, 3.8) is 0 Å².